The number of carbonyl (C=O) groups is 1. The highest BCUT2D eigenvalue weighted by molar-refractivity contribution is 7.99. The van der Waals surface area contributed by atoms with Crippen LogP contribution in [-0.2, 0) is 4.79 Å². The van der Waals surface area contributed by atoms with Gasteiger partial charge in [-0.1, -0.05) is 36.0 Å². The molecule has 134 valence electrons. The molecule has 0 radical (unpaired) electrons. The number of hydrogen-bond acceptors (Lipinski definition) is 5. The summed E-state index contributed by atoms with van der Waals surface area (Å²) in [5.74, 6) is 1.79. The quantitative estimate of drug-likeness (QED) is 0.523. The van der Waals surface area contributed by atoms with Crippen molar-refractivity contribution in [2.75, 3.05) is 11.1 Å². The van der Waals surface area contributed by atoms with Gasteiger partial charge in [-0.25, -0.2) is 0 Å². The zero-order chi connectivity index (χ0) is 17.5. The number of rotatable bonds is 7. The summed E-state index contributed by atoms with van der Waals surface area (Å²) in [6, 6.07) is 7.93. The van der Waals surface area contributed by atoms with Crippen molar-refractivity contribution in [3.63, 3.8) is 0 Å². The largest absolute Gasteiger partial charge is 0.408 e. The number of hydrogen-bond donors (Lipinski definition) is 1. The molecule has 1 aliphatic carbocycles. The van der Waals surface area contributed by atoms with Crippen LogP contribution < -0.4 is 5.32 Å². The van der Waals surface area contributed by atoms with Crippen LogP contribution in [0.5, 0.6) is 0 Å². The lowest BCUT2D eigenvalue weighted by atomic mass is 9.89. The van der Waals surface area contributed by atoms with Crippen molar-refractivity contribution in [3.05, 3.63) is 35.2 Å². The standard InChI is InChI=1S/C18H22ClN3O2S/c19-14-8-10-15(11-9-14)25-12-4-7-16(23)20-18-22-21-17(24-18)13-5-2-1-3-6-13/h8-11,13H,1-7,12H2,(H,20,22,23). The van der Waals surface area contributed by atoms with E-state index in [4.69, 9.17) is 16.0 Å². The lowest BCUT2D eigenvalue weighted by Gasteiger charge is -2.17. The van der Waals surface area contributed by atoms with Crippen LogP contribution >= 0.6 is 23.4 Å². The molecule has 0 atom stereocenters. The fraction of sp³-hybridized carbons (Fsp3) is 0.500. The fourth-order valence-electron chi connectivity index (χ4n) is 2.93. The maximum Gasteiger partial charge on any atom is 0.322 e. The third-order valence-corrected chi connectivity index (χ3v) is 5.62. The summed E-state index contributed by atoms with van der Waals surface area (Å²) in [7, 11) is 0. The molecule has 0 aliphatic heterocycles. The van der Waals surface area contributed by atoms with Gasteiger partial charge in [-0.2, -0.15) is 0 Å². The molecule has 0 bridgehead atoms. The topological polar surface area (TPSA) is 68.0 Å². The van der Waals surface area contributed by atoms with Gasteiger partial charge in [-0.15, -0.1) is 16.9 Å². The van der Waals surface area contributed by atoms with E-state index in [1.807, 2.05) is 24.3 Å². The summed E-state index contributed by atoms with van der Waals surface area (Å²) >= 11 is 7.57. The summed E-state index contributed by atoms with van der Waals surface area (Å²) < 4.78 is 5.61. The van der Waals surface area contributed by atoms with Crippen molar-refractivity contribution in [2.24, 2.45) is 0 Å². The molecule has 5 nitrogen and oxygen atoms in total. The van der Waals surface area contributed by atoms with E-state index in [1.165, 1.54) is 19.3 Å². The van der Waals surface area contributed by atoms with E-state index in [0.29, 0.717) is 18.2 Å². The summed E-state index contributed by atoms with van der Waals surface area (Å²) in [5.41, 5.74) is 0. The molecule has 1 aliphatic rings. The van der Waals surface area contributed by atoms with E-state index in [-0.39, 0.29) is 11.9 Å². The van der Waals surface area contributed by atoms with E-state index in [9.17, 15) is 4.79 Å². The zero-order valence-electron chi connectivity index (χ0n) is 14.0. The first-order chi connectivity index (χ1) is 12.2. The molecule has 0 unspecified atom stereocenters. The van der Waals surface area contributed by atoms with Gasteiger partial charge in [0.15, 0.2) is 0 Å². The summed E-state index contributed by atoms with van der Waals surface area (Å²) in [6.07, 6.45) is 7.10. The third-order valence-electron chi connectivity index (χ3n) is 4.27. The monoisotopic (exact) mass is 379 g/mol. The van der Waals surface area contributed by atoms with Gasteiger partial charge in [0.1, 0.15) is 0 Å². The highest BCUT2D eigenvalue weighted by Crippen LogP contribution is 2.32. The first-order valence-electron chi connectivity index (χ1n) is 8.72. The Morgan fingerprint density at radius 1 is 1.20 bits per heavy atom. The second-order valence-electron chi connectivity index (χ2n) is 6.23. The Morgan fingerprint density at radius 2 is 1.96 bits per heavy atom. The normalized spacial score (nSPS) is 15.2. The maximum absolute atomic E-state index is 12.0. The van der Waals surface area contributed by atoms with Crippen LogP contribution in [0.4, 0.5) is 6.01 Å². The van der Waals surface area contributed by atoms with Crippen molar-refractivity contribution >= 4 is 35.3 Å². The Balaban J connectivity index is 1.37. The molecule has 1 N–H and O–H groups in total. The maximum atomic E-state index is 12.0. The minimum atomic E-state index is -0.0875. The number of halogens is 1. The van der Waals surface area contributed by atoms with Crippen LogP contribution in [0.25, 0.3) is 0 Å². The first-order valence-corrected chi connectivity index (χ1v) is 10.1. The van der Waals surface area contributed by atoms with E-state index >= 15 is 0 Å². The lowest BCUT2D eigenvalue weighted by molar-refractivity contribution is -0.116. The van der Waals surface area contributed by atoms with Gasteiger partial charge in [-0.3, -0.25) is 10.1 Å². The fourth-order valence-corrected chi connectivity index (χ4v) is 3.91. The second-order valence-corrected chi connectivity index (χ2v) is 7.84. The van der Waals surface area contributed by atoms with Gasteiger partial charge >= 0.3 is 6.01 Å². The molecule has 3 rings (SSSR count). The highest BCUT2D eigenvalue weighted by Gasteiger charge is 2.21. The number of nitrogens with one attached hydrogen (secondary N) is 1. The summed E-state index contributed by atoms with van der Waals surface area (Å²) in [6.45, 7) is 0. The van der Waals surface area contributed by atoms with Gasteiger partial charge in [0.05, 0.1) is 0 Å². The Hall–Kier alpha value is -1.53. The van der Waals surface area contributed by atoms with Crippen LogP contribution in [0, 0.1) is 0 Å². The molecule has 1 amide bonds. The Labute approximate surface area is 156 Å². The molecule has 1 aromatic carbocycles. The predicted molar refractivity (Wildman–Crippen MR) is 100 cm³/mol. The predicted octanol–water partition coefficient (Wildman–Crippen LogP) is 5.28. The molecule has 25 heavy (non-hydrogen) atoms. The van der Waals surface area contributed by atoms with Crippen molar-refractivity contribution in [1.82, 2.24) is 10.2 Å². The number of carbonyl (C=O) groups excluding carboxylic acids is 1. The van der Waals surface area contributed by atoms with E-state index in [2.05, 4.69) is 15.5 Å². The molecule has 2 aromatic rings. The average Bonchev–Trinajstić information content (AvgIpc) is 3.09. The third kappa shape index (κ3) is 5.75. The van der Waals surface area contributed by atoms with Gasteiger partial charge in [-0.05, 0) is 49.3 Å². The van der Waals surface area contributed by atoms with Crippen molar-refractivity contribution in [2.45, 2.75) is 55.8 Å². The summed E-state index contributed by atoms with van der Waals surface area (Å²) in [5, 5.41) is 11.5. The van der Waals surface area contributed by atoms with Gasteiger partial charge in [0.25, 0.3) is 0 Å². The molecule has 0 saturated heterocycles. The smallest absolute Gasteiger partial charge is 0.322 e. The van der Waals surface area contributed by atoms with E-state index < -0.39 is 0 Å². The molecule has 1 heterocycles. The Morgan fingerprint density at radius 3 is 2.72 bits per heavy atom. The molecular weight excluding hydrogens is 358 g/mol. The molecule has 1 aromatic heterocycles. The highest BCUT2D eigenvalue weighted by atomic mass is 35.5. The number of anilines is 1. The minimum Gasteiger partial charge on any atom is -0.408 e. The number of amides is 1. The summed E-state index contributed by atoms with van der Waals surface area (Å²) in [4.78, 5) is 13.1. The van der Waals surface area contributed by atoms with Gasteiger partial charge in [0, 0.05) is 22.3 Å². The lowest BCUT2D eigenvalue weighted by Crippen LogP contribution is -2.11. The van der Waals surface area contributed by atoms with Gasteiger partial charge in [0.2, 0.25) is 11.8 Å². The molecule has 1 fully saturated rings. The first kappa shape index (κ1) is 18.3. The number of nitrogens with zero attached hydrogens (tertiary/aromatic N) is 2. The van der Waals surface area contributed by atoms with Crippen LogP contribution in [0.15, 0.2) is 33.6 Å². The van der Waals surface area contributed by atoms with Crippen LogP contribution in [0.1, 0.15) is 56.8 Å². The average molecular weight is 380 g/mol. The number of benzene rings is 1. The SMILES string of the molecule is O=C(CCCSc1ccc(Cl)cc1)Nc1nnc(C2CCCCC2)o1. The molecule has 0 spiro atoms. The van der Waals surface area contributed by atoms with Crippen molar-refractivity contribution in [3.8, 4) is 0 Å². The van der Waals surface area contributed by atoms with Crippen LogP contribution in [0.3, 0.4) is 0 Å². The zero-order valence-corrected chi connectivity index (χ0v) is 15.6. The molecule has 1 saturated carbocycles. The van der Waals surface area contributed by atoms with E-state index in [1.54, 1.807) is 11.8 Å². The number of thioether (sulfide) groups is 1. The van der Waals surface area contributed by atoms with Crippen LogP contribution in [-0.4, -0.2) is 21.9 Å². The van der Waals surface area contributed by atoms with Crippen molar-refractivity contribution < 1.29 is 9.21 Å². The van der Waals surface area contributed by atoms with E-state index in [0.717, 1.165) is 34.9 Å². The molecular formula is C18H22ClN3O2S. The Bertz CT molecular complexity index is 684. The minimum absolute atomic E-state index is 0.0875. The van der Waals surface area contributed by atoms with Gasteiger partial charge < -0.3 is 4.42 Å². The van der Waals surface area contributed by atoms with Crippen molar-refractivity contribution in [1.29, 1.82) is 0 Å². The second kappa shape index (κ2) is 9.25. The Kier molecular flexibility index (Phi) is 6.76. The van der Waals surface area contributed by atoms with Crippen LogP contribution in [0.2, 0.25) is 5.02 Å². The number of aromatic nitrogens is 2. The molecule has 7 heteroatoms.